The summed E-state index contributed by atoms with van der Waals surface area (Å²) >= 11 is 0. The second-order valence-electron chi connectivity index (χ2n) is 15.0. The Balaban J connectivity index is 1.18. The number of aliphatic hydroxyl groups excluding tert-OH is 2. The molecule has 234 valence electrons. The number of nitrogens with zero attached hydrogens (tertiary/aromatic N) is 5. The topological polar surface area (TPSA) is 172 Å². The highest BCUT2D eigenvalue weighted by atomic mass is 16.3. The molecule has 1 heterocycles. The van der Waals surface area contributed by atoms with Crippen LogP contribution in [-0.4, -0.2) is 52.6 Å². The molecule has 3 unspecified atom stereocenters. The number of carbonyl (C=O) groups is 2. The normalized spacial score (nSPS) is 40.9. The Labute approximate surface area is 249 Å². The molecule has 11 heteroatoms. The van der Waals surface area contributed by atoms with Crippen LogP contribution in [0.1, 0.15) is 105 Å². The standard InChI is InChI=1S/C31H51N7O4/c1-18(5-8-26(41)35-24(11-14-31(4)36-37-31)28(42)33-17-34-38-32)21-6-7-22-27-23(10-13-30(21,22)3)29(2)12-9-20(39)15-19(29)16-25(27)40/h18-25,27,39-40H,5-17H2,1-4H3,(H,33,42)(H,35,41)/t18-,19+,20-,21-,22+,23?,24?,25?,27+,29+,30-/m1/s1. The van der Waals surface area contributed by atoms with Gasteiger partial charge in [-0.25, -0.2) is 0 Å². The summed E-state index contributed by atoms with van der Waals surface area (Å²) in [7, 11) is 0. The van der Waals surface area contributed by atoms with Crippen molar-refractivity contribution in [2.75, 3.05) is 6.67 Å². The Hall–Kier alpha value is -2.23. The largest absolute Gasteiger partial charge is 0.393 e. The number of hydrogen-bond donors (Lipinski definition) is 4. The second kappa shape index (κ2) is 12.0. The van der Waals surface area contributed by atoms with Crippen molar-refractivity contribution in [3.05, 3.63) is 10.4 Å². The molecule has 2 amide bonds. The van der Waals surface area contributed by atoms with Gasteiger partial charge in [-0.2, -0.15) is 10.2 Å². The van der Waals surface area contributed by atoms with Crippen molar-refractivity contribution in [2.24, 2.45) is 61.7 Å². The number of aliphatic hydroxyl groups is 2. The summed E-state index contributed by atoms with van der Waals surface area (Å²) in [4.78, 5) is 28.4. The van der Waals surface area contributed by atoms with Crippen LogP contribution in [0.2, 0.25) is 0 Å². The molecule has 0 bridgehead atoms. The zero-order valence-corrected chi connectivity index (χ0v) is 25.8. The monoisotopic (exact) mass is 585 g/mol. The summed E-state index contributed by atoms with van der Waals surface area (Å²) in [5, 5.41) is 38.7. The molecule has 1 aliphatic heterocycles. The van der Waals surface area contributed by atoms with E-state index >= 15 is 0 Å². The van der Waals surface area contributed by atoms with E-state index in [-0.39, 0.29) is 41.5 Å². The van der Waals surface area contributed by atoms with Gasteiger partial charge in [0.1, 0.15) is 6.04 Å². The summed E-state index contributed by atoms with van der Waals surface area (Å²) in [6.45, 7) is 8.90. The van der Waals surface area contributed by atoms with E-state index in [9.17, 15) is 19.8 Å². The van der Waals surface area contributed by atoms with Crippen molar-refractivity contribution >= 4 is 11.8 Å². The molecule has 0 aromatic carbocycles. The van der Waals surface area contributed by atoms with E-state index in [2.05, 4.69) is 51.7 Å². The predicted molar refractivity (Wildman–Crippen MR) is 158 cm³/mol. The minimum Gasteiger partial charge on any atom is -0.393 e. The number of amides is 2. The average molecular weight is 586 g/mol. The van der Waals surface area contributed by atoms with Crippen LogP contribution in [0.5, 0.6) is 0 Å². The highest BCUT2D eigenvalue weighted by molar-refractivity contribution is 5.87. The third-order valence-electron chi connectivity index (χ3n) is 12.6. The molecule has 4 N–H and O–H groups in total. The molecule has 0 radical (unpaired) electrons. The van der Waals surface area contributed by atoms with Gasteiger partial charge in [0.25, 0.3) is 0 Å². The van der Waals surface area contributed by atoms with Crippen molar-refractivity contribution in [2.45, 2.75) is 129 Å². The van der Waals surface area contributed by atoms with Gasteiger partial charge in [-0.1, -0.05) is 25.9 Å². The number of azide groups is 1. The number of carbonyl (C=O) groups excluding carboxylic acids is 2. The molecule has 0 saturated heterocycles. The molecule has 4 saturated carbocycles. The highest BCUT2D eigenvalue weighted by Crippen LogP contribution is 2.68. The van der Waals surface area contributed by atoms with Crippen molar-refractivity contribution in [1.82, 2.24) is 10.6 Å². The fraction of sp³-hybridized carbons (Fsp3) is 0.935. The molecule has 0 aromatic rings. The molecule has 11 nitrogen and oxygen atoms in total. The van der Waals surface area contributed by atoms with Crippen molar-refractivity contribution in [3.63, 3.8) is 0 Å². The number of nitrogens with one attached hydrogen (secondary N) is 2. The van der Waals surface area contributed by atoms with Gasteiger partial charge in [-0.15, -0.1) is 0 Å². The molecular formula is C31H51N7O4. The van der Waals surface area contributed by atoms with Crippen LogP contribution < -0.4 is 10.6 Å². The van der Waals surface area contributed by atoms with Crippen LogP contribution in [0.15, 0.2) is 15.3 Å². The van der Waals surface area contributed by atoms with Gasteiger partial charge in [0, 0.05) is 11.3 Å². The average Bonchev–Trinajstić information content (AvgIpc) is 3.58. The number of rotatable bonds is 11. The molecule has 4 aliphatic carbocycles. The summed E-state index contributed by atoms with van der Waals surface area (Å²) in [6, 6.07) is -0.730. The van der Waals surface area contributed by atoms with E-state index < -0.39 is 11.7 Å². The Bertz CT molecular complexity index is 1100. The summed E-state index contributed by atoms with van der Waals surface area (Å²) < 4.78 is 0. The first-order valence-corrected chi connectivity index (χ1v) is 16.3. The summed E-state index contributed by atoms with van der Waals surface area (Å²) in [6.07, 6.45) is 9.74. The number of hydrogen-bond acceptors (Lipinski definition) is 7. The molecule has 42 heavy (non-hydrogen) atoms. The molecule has 11 atom stereocenters. The van der Waals surface area contributed by atoms with Crippen molar-refractivity contribution in [3.8, 4) is 0 Å². The first-order chi connectivity index (χ1) is 19.9. The molecule has 5 rings (SSSR count). The lowest BCUT2D eigenvalue weighted by atomic mass is 9.43. The minimum atomic E-state index is -0.730. The lowest BCUT2D eigenvalue weighted by Crippen LogP contribution is -2.58. The first-order valence-electron chi connectivity index (χ1n) is 16.3. The quantitative estimate of drug-likeness (QED) is 0.148. The van der Waals surface area contributed by atoms with E-state index in [4.69, 9.17) is 5.53 Å². The van der Waals surface area contributed by atoms with E-state index in [0.29, 0.717) is 54.8 Å². The molecule has 4 fully saturated rings. The second-order valence-corrected chi connectivity index (χ2v) is 15.0. The van der Waals surface area contributed by atoms with Gasteiger partial charge in [0.05, 0.1) is 18.9 Å². The Kier molecular flexibility index (Phi) is 8.95. The summed E-state index contributed by atoms with van der Waals surface area (Å²) in [5.41, 5.74) is 8.41. The van der Waals surface area contributed by atoms with E-state index in [1.54, 1.807) is 0 Å². The van der Waals surface area contributed by atoms with Gasteiger partial charge in [-0.05, 0) is 129 Å². The smallest absolute Gasteiger partial charge is 0.242 e. The first kappa shape index (κ1) is 31.2. The van der Waals surface area contributed by atoms with Gasteiger partial charge < -0.3 is 20.8 Å². The molecule has 5 aliphatic rings. The maximum Gasteiger partial charge on any atom is 0.242 e. The van der Waals surface area contributed by atoms with Gasteiger partial charge in [-0.3, -0.25) is 9.59 Å². The van der Waals surface area contributed by atoms with Gasteiger partial charge >= 0.3 is 0 Å². The fourth-order valence-electron chi connectivity index (χ4n) is 10.1. The maximum atomic E-state index is 13.1. The van der Waals surface area contributed by atoms with Crippen LogP contribution in [0.4, 0.5) is 0 Å². The zero-order chi connectivity index (χ0) is 30.3. The fourth-order valence-corrected chi connectivity index (χ4v) is 10.1. The van der Waals surface area contributed by atoms with Crippen LogP contribution in [0.25, 0.3) is 10.4 Å². The Morgan fingerprint density at radius 3 is 2.45 bits per heavy atom. The van der Waals surface area contributed by atoms with Crippen LogP contribution in [-0.2, 0) is 9.59 Å². The number of fused-ring (bicyclic) bond motifs is 5. The Morgan fingerprint density at radius 1 is 1.02 bits per heavy atom. The predicted octanol–water partition coefficient (Wildman–Crippen LogP) is 5.22. The van der Waals surface area contributed by atoms with E-state index in [0.717, 1.165) is 51.4 Å². The maximum absolute atomic E-state index is 13.1. The molecular weight excluding hydrogens is 534 g/mol. The third-order valence-corrected chi connectivity index (χ3v) is 12.6. The Morgan fingerprint density at radius 2 is 1.74 bits per heavy atom. The summed E-state index contributed by atoms with van der Waals surface area (Å²) in [5.74, 6) is 2.11. The molecule has 0 spiro atoms. The van der Waals surface area contributed by atoms with Crippen molar-refractivity contribution in [1.29, 1.82) is 0 Å². The zero-order valence-electron chi connectivity index (χ0n) is 25.8. The minimum absolute atomic E-state index is 0.148. The lowest BCUT2D eigenvalue weighted by Gasteiger charge is -2.62. The lowest BCUT2D eigenvalue weighted by molar-refractivity contribution is -0.174. The van der Waals surface area contributed by atoms with Crippen LogP contribution in [0, 0.1) is 46.3 Å². The van der Waals surface area contributed by atoms with Crippen LogP contribution >= 0.6 is 0 Å². The van der Waals surface area contributed by atoms with E-state index in [1.165, 1.54) is 6.42 Å². The van der Waals surface area contributed by atoms with E-state index in [1.807, 2.05) is 6.92 Å². The van der Waals surface area contributed by atoms with Gasteiger partial charge in [0.2, 0.25) is 11.8 Å². The molecule has 0 aromatic heterocycles. The third kappa shape index (κ3) is 6.06. The van der Waals surface area contributed by atoms with Gasteiger partial charge in [0.15, 0.2) is 5.66 Å². The highest BCUT2D eigenvalue weighted by Gasteiger charge is 2.62. The SMILES string of the molecule is C[C@H](CCC(=O)NC(CCC1(C)N=N1)C(=O)NCN=[N+]=[N-])[C@H]1CC[C@H]2[C@@H]3C(O)C[C@@H]4C[C@H](O)CC[C@]4(C)C3CC[C@]12C. The van der Waals surface area contributed by atoms with Crippen molar-refractivity contribution < 1.29 is 19.8 Å². The van der Waals surface area contributed by atoms with Crippen LogP contribution in [0.3, 0.4) is 0 Å².